The topological polar surface area (TPSA) is 116 Å². The van der Waals surface area contributed by atoms with Crippen molar-refractivity contribution in [3.8, 4) is 11.1 Å². The third-order valence-corrected chi connectivity index (χ3v) is 4.84. The maximum absolute atomic E-state index is 12.8. The second-order valence-corrected chi connectivity index (χ2v) is 7.35. The standard InChI is InChI=1S/C21H25ClN6O3/c1-3-31-20(30)13(2)23-18(19(29)24-21-25-27-28-26-21)11-14-7-9-15(10-8-14)16-5-4-6-17(22)12-16/h4-10,12-13,18,23,27-28H,3,11H2,1-2H3,(H2,24,25,26,29)/t13-,18-/m0/s1. The van der Waals surface area contributed by atoms with Crippen molar-refractivity contribution in [1.29, 1.82) is 0 Å². The molecule has 0 aliphatic carbocycles. The van der Waals surface area contributed by atoms with E-state index >= 15 is 0 Å². The van der Waals surface area contributed by atoms with Gasteiger partial charge < -0.3 is 4.74 Å². The molecule has 2 aromatic carbocycles. The first-order valence-electron chi connectivity index (χ1n) is 9.88. The third-order valence-electron chi connectivity index (χ3n) is 4.61. The van der Waals surface area contributed by atoms with E-state index in [1.807, 2.05) is 48.5 Å². The van der Waals surface area contributed by atoms with Gasteiger partial charge in [-0.1, -0.05) is 48.0 Å². The summed E-state index contributed by atoms with van der Waals surface area (Å²) in [6, 6.07) is 14.1. The van der Waals surface area contributed by atoms with Crippen LogP contribution >= 0.6 is 11.6 Å². The molecule has 0 radical (unpaired) electrons. The average Bonchev–Trinajstić information content (AvgIpc) is 3.27. The molecule has 0 bridgehead atoms. The molecule has 10 heteroatoms. The minimum atomic E-state index is -0.693. The number of benzene rings is 2. The molecule has 1 aliphatic heterocycles. The quantitative estimate of drug-likeness (QED) is 0.391. The number of carbonyl (C=O) groups excluding carboxylic acids is 2. The molecule has 2 atom stereocenters. The molecule has 1 aliphatic rings. The van der Waals surface area contributed by atoms with Crippen molar-refractivity contribution in [2.45, 2.75) is 32.4 Å². The summed E-state index contributed by atoms with van der Waals surface area (Å²) >= 11 is 6.08. The number of nitrogens with zero attached hydrogens (tertiary/aromatic N) is 1. The number of hydrogen-bond acceptors (Lipinski definition) is 8. The fourth-order valence-electron chi connectivity index (χ4n) is 3.06. The molecule has 0 saturated heterocycles. The van der Waals surface area contributed by atoms with Gasteiger partial charge in [0.15, 0.2) is 0 Å². The minimum absolute atomic E-state index is 0.233. The fourth-order valence-corrected chi connectivity index (χ4v) is 3.25. The summed E-state index contributed by atoms with van der Waals surface area (Å²) < 4.78 is 5.04. The van der Waals surface area contributed by atoms with Gasteiger partial charge in [0.25, 0.3) is 0 Å². The van der Waals surface area contributed by atoms with Crippen molar-refractivity contribution in [1.82, 2.24) is 27.1 Å². The number of halogens is 1. The van der Waals surface area contributed by atoms with Gasteiger partial charge in [-0.15, -0.1) is 10.6 Å². The van der Waals surface area contributed by atoms with Gasteiger partial charge in [0.2, 0.25) is 11.9 Å². The van der Waals surface area contributed by atoms with Crippen LogP contribution in [0.15, 0.2) is 53.6 Å². The van der Waals surface area contributed by atoms with Crippen LogP contribution in [0.1, 0.15) is 19.4 Å². The molecule has 1 heterocycles. The maximum Gasteiger partial charge on any atom is 0.322 e. The predicted octanol–water partition coefficient (Wildman–Crippen LogP) is 1.46. The van der Waals surface area contributed by atoms with Crippen molar-refractivity contribution >= 4 is 29.4 Å². The number of esters is 1. The predicted molar refractivity (Wildman–Crippen MR) is 119 cm³/mol. The number of rotatable bonds is 8. The lowest BCUT2D eigenvalue weighted by atomic mass is 10.00. The summed E-state index contributed by atoms with van der Waals surface area (Å²) in [6.45, 7) is 3.67. The number of guanidine groups is 1. The van der Waals surface area contributed by atoms with Crippen LogP contribution in [0.2, 0.25) is 5.02 Å². The van der Waals surface area contributed by atoms with Gasteiger partial charge in [-0.2, -0.15) is 0 Å². The Kier molecular flexibility index (Phi) is 7.82. The fraction of sp³-hybridized carbons (Fsp3) is 0.286. The zero-order valence-electron chi connectivity index (χ0n) is 17.2. The molecule has 5 N–H and O–H groups in total. The van der Waals surface area contributed by atoms with Gasteiger partial charge in [-0.25, -0.2) is 5.53 Å². The normalized spacial score (nSPS) is 14.6. The Labute approximate surface area is 185 Å². The van der Waals surface area contributed by atoms with Crippen molar-refractivity contribution in [3.63, 3.8) is 0 Å². The SMILES string of the molecule is CCOC(=O)[C@H](C)N[C@@H](Cc1ccc(-c2cccc(Cl)c2)cc1)C(=O)NC1=NNNN1. The van der Waals surface area contributed by atoms with E-state index in [2.05, 4.69) is 32.2 Å². The molecule has 0 fully saturated rings. The molecule has 164 valence electrons. The molecule has 0 unspecified atom stereocenters. The number of hydrazine groups is 2. The highest BCUT2D eigenvalue weighted by molar-refractivity contribution is 6.30. The van der Waals surface area contributed by atoms with E-state index in [1.165, 1.54) is 0 Å². The summed E-state index contributed by atoms with van der Waals surface area (Å²) in [6.07, 6.45) is 0.361. The van der Waals surface area contributed by atoms with Crippen LogP contribution in [0, 0.1) is 0 Å². The summed E-state index contributed by atoms with van der Waals surface area (Å²) in [5.41, 5.74) is 10.6. The first kappa shape index (κ1) is 22.5. The number of carbonyl (C=O) groups is 2. The second kappa shape index (κ2) is 10.8. The highest BCUT2D eigenvalue weighted by Gasteiger charge is 2.26. The number of nitrogens with one attached hydrogen (secondary N) is 5. The molecular formula is C21H25ClN6O3. The van der Waals surface area contributed by atoms with E-state index in [-0.39, 0.29) is 18.5 Å². The molecule has 31 heavy (non-hydrogen) atoms. The zero-order chi connectivity index (χ0) is 22.2. The van der Waals surface area contributed by atoms with Gasteiger partial charge >= 0.3 is 5.97 Å². The van der Waals surface area contributed by atoms with E-state index in [9.17, 15) is 9.59 Å². The maximum atomic E-state index is 12.8. The molecular weight excluding hydrogens is 420 g/mol. The lowest BCUT2D eigenvalue weighted by Crippen LogP contribution is -2.54. The second-order valence-electron chi connectivity index (χ2n) is 6.92. The van der Waals surface area contributed by atoms with Gasteiger partial charge in [0, 0.05) is 5.02 Å². The van der Waals surface area contributed by atoms with E-state index in [0.29, 0.717) is 11.4 Å². The van der Waals surface area contributed by atoms with Crippen LogP contribution in [-0.4, -0.2) is 36.5 Å². The largest absolute Gasteiger partial charge is 0.465 e. The van der Waals surface area contributed by atoms with Crippen LogP contribution < -0.4 is 27.1 Å². The smallest absolute Gasteiger partial charge is 0.322 e. The van der Waals surface area contributed by atoms with Gasteiger partial charge in [0.05, 0.1) is 12.6 Å². The lowest BCUT2D eigenvalue weighted by Gasteiger charge is -2.22. The number of hydrogen-bond donors (Lipinski definition) is 5. The van der Waals surface area contributed by atoms with Crippen molar-refractivity contribution in [2.24, 2.45) is 5.10 Å². The molecule has 1 amide bonds. The van der Waals surface area contributed by atoms with E-state index in [0.717, 1.165) is 16.7 Å². The van der Waals surface area contributed by atoms with Crippen molar-refractivity contribution in [2.75, 3.05) is 6.61 Å². The summed E-state index contributed by atoms with van der Waals surface area (Å²) in [4.78, 5) is 24.9. The Morgan fingerprint density at radius 3 is 2.58 bits per heavy atom. The highest BCUT2D eigenvalue weighted by atomic mass is 35.5. The highest BCUT2D eigenvalue weighted by Crippen LogP contribution is 2.23. The van der Waals surface area contributed by atoms with E-state index < -0.39 is 18.1 Å². The first-order chi connectivity index (χ1) is 15.0. The minimum Gasteiger partial charge on any atom is -0.465 e. The summed E-state index contributed by atoms with van der Waals surface area (Å²) in [5, 5.41) is 10.2. The van der Waals surface area contributed by atoms with Crippen LogP contribution in [0.4, 0.5) is 0 Å². The average molecular weight is 445 g/mol. The van der Waals surface area contributed by atoms with Crippen LogP contribution in [0.3, 0.4) is 0 Å². The van der Waals surface area contributed by atoms with Gasteiger partial charge in [-0.3, -0.25) is 25.6 Å². The third kappa shape index (κ3) is 6.42. The van der Waals surface area contributed by atoms with Crippen LogP contribution in [0.25, 0.3) is 11.1 Å². The summed E-state index contributed by atoms with van der Waals surface area (Å²) in [7, 11) is 0. The van der Waals surface area contributed by atoms with Gasteiger partial charge in [-0.05, 0) is 49.1 Å². The zero-order valence-corrected chi connectivity index (χ0v) is 18.0. The molecule has 0 spiro atoms. The van der Waals surface area contributed by atoms with Gasteiger partial charge in [0.1, 0.15) is 6.04 Å². The number of hydrazone groups is 1. The summed E-state index contributed by atoms with van der Waals surface area (Å²) in [5.74, 6) is -0.528. The van der Waals surface area contributed by atoms with Crippen molar-refractivity contribution in [3.05, 3.63) is 59.1 Å². The Bertz CT molecular complexity index is 950. The Morgan fingerprint density at radius 1 is 1.16 bits per heavy atom. The van der Waals surface area contributed by atoms with Crippen molar-refractivity contribution < 1.29 is 14.3 Å². The van der Waals surface area contributed by atoms with E-state index in [1.54, 1.807) is 13.8 Å². The van der Waals surface area contributed by atoms with E-state index in [4.69, 9.17) is 16.3 Å². The Morgan fingerprint density at radius 2 is 1.94 bits per heavy atom. The Hall–Kier alpha value is -3.14. The molecule has 9 nitrogen and oxygen atoms in total. The van der Waals surface area contributed by atoms with Crippen LogP contribution in [-0.2, 0) is 20.7 Å². The molecule has 3 rings (SSSR count). The number of ether oxygens (including phenoxy) is 1. The monoisotopic (exact) mass is 444 g/mol. The lowest BCUT2D eigenvalue weighted by molar-refractivity contribution is -0.145. The molecule has 0 saturated carbocycles. The first-order valence-corrected chi connectivity index (χ1v) is 10.3. The van der Waals surface area contributed by atoms with Crippen LogP contribution in [0.5, 0.6) is 0 Å². The number of amides is 1. The molecule has 0 aromatic heterocycles. The molecule has 2 aromatic rings. The Balaban J connectivity index is 1.73.